The van der Waals surface area contributed by atoms with E-state index in [1.165, 1.54) is 0 Å². The van der Waals surface area contributed by atoms with Gasteiger partial charge in [-0.05, 0) is 18.9 Å². The maximum Gasteiger partial charge on any atom is 0.0452 e. The van der Waals surface area contributed by atoms with Crippen molar-refractivity contribution < 1.29 is 0 Å². The molecule has 0 saturated carbocycles. The standard InChI is InChI=1S/C7H11N/c1-6-3-4-7(2)8-5-6/h3-4,6H,5H2,1-2H3. The molecule has 0 bridgehead atoms. The van der Waals surface area contributed by atoms with Crippen LogP contribution in [0.1, 0.15) is 13.8 Å². The molecule has 1 nitrogen and oxygen atoms in total. The van der Waals surface area contributed by atoms with Crippen LogP contribution in [0.4, 0.5) is 0 Å². The molecule has 8 heavy (non-hydrogen) atoms. The third-order valence-corrected chi connectivity index (χ3v) is 1.29. The normalized spacial score (nSPS) is 27.8. The van der Waals surface area contributed by atoms with Crippen LogP contribution in [0.15, 0.2) is 17.1 Å². The topological polar surface area (TPSA) is 12.4 Å². The third kappa shape index (κ3) is 1.19. The van der Waals surface area contributed by atoms with Crippen molar-refractivity contribution >= 4 is 5.71 Å². The molecule has 0 aliphatic carbocycles. The molecule has 0 N–H and O–H groups in total. The Morgan fingerprint density at radius 3 is 2.88 bits per heavy atom. The lowest BCUT2D eigenvalue weighted by Gasteiger charge is -2.06. The first-order valence-electron chi connectivity index (χ1n) is 2.98. The number of nitrogens with zero attached hydrogens (tertiary/aromatic N) is 1. The van der Waals surface area contributed by atoms with Crippen molar-refractivity contribution in [2.24, 2.45) is 10.9 Å². The molecule has 1 rings (SSSR count). The zero-order valence-corrected chi connectivity index (χ0v) is 5.39. The van der Waals surface area contributed by atoms with Gasteiger partial charge in [0.25, 0.3) is 0 Å². The second kappa shape index (κ2) is 2.12. The maximum atomic E-state index is 4.24. The highest BCUT2D eigenvalue weighted by Crippen LogP contribution is 2.03. The molecule has 0 amide bonds. The Hall–Kier alpha value is -0.590. The second-order valence-corrected chi connectivity index (χ2v) is 2.32. The van der Waals surface area contributed by atoms with Crippen molar-refractivity contribution in [1.82, 2.24) is 0 Å². The maximum absolute atomic E-state index is 4.24. The average Bonchev–Trinajstić information content (AvgIpc) is 1.77. The van der Waals surface area contributed by atoms with Gasteiger partial charge in [0, 0.05) is 12.3 Å². The van der Waals surface area contributed by atoms with E-state index in [2.05, 4.69) is 24.1 Å². The second-order valence-electron chi connectivity index (χ2n) is 2.32. The Bertz CT molecular complexity index is 133. The molecule has 0 aromatic rings. The lowest BCUT2D eigenvalue weighted by Crippen LogP contribution is -2.03. The predicted octanol–water partition coefficient (Wildman–Crippen LogP) is 1.65. The van der Waals surface area contributed by atoms with Crippen LogP contribution >= 0.6 is 0 Å². The number of rotatable bonds is 0. The minimum atomic E-state index is 0.652. The summed E-state index contributed by atoms with van der Waals surface area (Å²) in [5.41, 5.74) is 1.16. The Kier molecular flexibility index (Phi) is 1.47. The lowest BCUT2D eigenvalue weighted by molar-refractivity contribution is 0.733. The fourth-order valence-electron chi connectivity index (χ4n) is 0.705. The molecule has 1 atom stereocenters. The molecule has 1 heterocycles. The summed E-state index contributed by atoms with van der Waals surface area (Å²) in [6.45, 7) is 5.18. The predicted molar refractivity (Wildman–Crippen MR) is 36.3 cm³/mol. The van der Waals surface area contributed by atoms with E-state index in [-0.39, 0.29) is 0 Å². The molecule has 1 unspecified atom stereocenters. The first-order chi connectivity index (χ1) is 3.79. The fraction of sp³-hybridized carbons (Fsp3) is 0.571. The zero-order valence-electron chi connectivity index (χ0n) is 5.39. The van der Waals surface area contributed by atoms with Gasteiger partial charge in [-0.3, -0.25) is 4.99 Å². The third-order valence-electron chi connectivity index (χ3n) is 1.29. The van der Waals surface area contributed by atoms with Crippen molar-refractivity contribution in [1.29, 1.82) is 0 Å². The molecule has 0 aromatic carbocycles. The highest BCUT2D eigenvalue weighted by atomic mass is 14.7. The van der Waals surface area contributed by atoms with Gasteiger partial charge < -0.3 is 0 Å². The summed E-state index contributed by atoms with van der Waals surface area (Å²) in [6.07, 6.45) is 4.27. The minimum absolute atomic E-state index is 0.652. The van der Waals surface area contributed by atoms with Gasteiger partial charge in [-0.1, -0.05) is 13.0 Å². The summed E-state index contributed by atoms with van der Waals surface area (Å²) in [7, 11) is 0. The van der Waals surface area contributed by atoms with Crippen molar-refractivity contribution in [3.63, 3.8) is 0 Å². The smallest absolute Gasteiger partial charge is 0.0452 e. The van der Waals surface area contributed by atoms with E-state index in [1.54, 1.807) is 0 Å². The van der Waals surface area contributed by atoms with Gasteiger partial charge in [-0.25, -0.2) is 0 Å². The highest BCUT2D eigenvalue weighted by Gasteiger charge is 1.98. The lowest BCUT2D eigenvalue weighted by atomic mass is 10.1. The van der Waals surface area contributed by atoms with Crippen molar-refractivity contribution in [2.45, 2.75) is 13.8 Å². The van der Waals surface area contributed by atoms with Crippen LogP contribution < -0.4 is 0 Å². The van der Waals surface area contributed by atoms with E-state index in [1.807, 2.05) is 6.92 Å². The van der Waals surface area contributed by atoms with Crippen LogP contribution in [0.5, 0.6) is 0 Å². The summed E-state index contributed by atoms with van der Waals surface area (Å²) in [6, 6.07) is 0. The number of allylic oxidation sites excluding steroid dienone is 1. The fourth-order valence-corrected chi connectivity index (χ4v) is 0.705. The molecular weight excluding hydrogens is 98.1 g/mol. The van der Waals surface area contributed by atoms with E-state index in [0.717, 1.165) is 12.3 Å². The molecular formula is C7H11N. The Morgan fingerprint density at radius 1 is 1.75 bits per heavy atom. The van der Waals surface area contributed by atoms with E-state index in [4.69, 9.17) is 0 Å². The van der Waals surface area contributed by atoms with E-state index < -0.39 is 0 Å². The van der Waals surface area contributed by atoms with Crippen LogP contribution in [0.25, 0.3) is 0 Å². The molecule has 0 radical (unpaired) electrons. The minimum Gasteiger partial charge on any atom is -0.289 e. The average molecular weight is 109 g/mol. The molecule has 0 saturated heterocycles. The summed E-state index contributed by atoms with van der Waals surface area (Å²) in [4.78, 5) is 4.24. The number of dihydropyridines is 1. The highest BCUT2D eigenvalue weighted by molar-refractivity contribution is 5.93. The summed E-state index contributed by atoms with van der Waals surface area (Å²) >= 11 is 0. The van der Waals surface area contributed by atoms with Crippen LogP contribution in [-0.2, 0) is 0 Å². The van der Waals surface area contributed by atoms with Crippen molar-refractivity contribution in [3.8, 4) is 0 Å². The van der Waals surface area contributed by atoms with Gasteiger partial charge in [0.15, 0.2) is 0 Å². The monoisotopic (exact) mass is 109 g/mol. The summed E-state index contributed by atoms with van der Waals surface area (Å²) in [5, 5.41) is 0. The first kappa shape index (κ1) is 5.54. The van der Waals surface area contributed by atoms with Gasteiger partial charge in [0.05, 0.1) is 0 Å². The molecule has 44 valence electrons. The number of aliphatic imine (C=N–C) groups is 1. The molecule has 1 aliphatic heterocycles. The van der Waals surface area contributed by atoms with Crippen LogP contribution in [0, 0.1) is 5.92 Å². The summed E-state index contributed by atoms with van der Waals surface area (Å²) in [5.74, 6) is 0.652. The van der Waals surface area contributed by atoms with Crippen LogP contribution in [0.3, 0.4) is 0 Å². The Balaban J connectivity index is 2.58. The van der Waals surface area contributed by atoms with E-state index >= 15 is 0 Å². The Morgan fingerprint density at radius 2 is 2.50 bits per heavy atom. The van der Waals surface area contributed by atoms with Crippen molar-refractivity contribution in [2.75, 3.05) is 6.54 Å². The van der Waals surface area contributed by atoms with Gasteiger partial charge in [-0.2, -0.15) is 0 Å². The molecule has 0 fully saturated rings. The summed E-state index contributed by atoms with van der Waals surface area (Å²) < 4.78 is 0. The number of hydrogen-bond acceptors (Lipinski definition) is 1. The van der Waals surface area contributed by atoms with Crippen molar-refractivity contribution in [3.05, 3.63) is 12.2 Å². The molecule has 1 heteroatoms. The molecule has 0 aromatic heterocycles. The Labute approximate surface area is 50.1 Å². The largest absolute Gasteiger partial charge is 0.289 e. The molecule has 0 spiro atoms. The quantitative estimate of drug-likeness (QED) is 0.448. The van der Waals surface area contributed by atoms with Gasteiger partial charge in [0.1, 0.15) is 0 Å². The van der Waals surface area contributed by atoms with Crippen LogP contribution in [-0.4, -0.2) is 12.3 Å². The van der Waals surface area contributed by atoms with Gasteiger partial charge in [-0.15, -0.1) is 0 Å². The van der Waals surface area contributed by atoms with Gasteiger partial charge >= 0.3 is 0 Å². The van der Waals surface area contributed by atoms with E-state index in [0.29, 0.717) is 5.92 Å². The first-order valence-corrected chi connectivity index (χ1v) is 2.98. The van der Waals surface area contributed by atoms with E-state index in [9.17, 15) is 0 Å². The van der Waals surface area contributed by atoms with Gasteiger partial charge in [0.2, 0.25) is 0 Å². The van der Waals surface area contributed by atoms with Crippen LogP contribution in [0.2, 0.25) is 0 Å². The number of hydrogen-bond donors (Lipinski definition) is 0. The molecule has 1 aliphatic rings. The zero-order chi connectivity index (χ0) is 5.98. The SMILES string of the molecule is CC1=NCC(C)C=C1.